The Morgan fingerprint density at radius 2 is 2.18 bits per heavy atom. The van der Waals surface area contributed by atoms with Gasteiger partial charge in [0.15, 0.2) is 5.16 Å². The summed E-state index contributed by atoms with van der Waals surface area (Å²) in [5.41, 5.74) is 3.02. The lowest BCUT2D eigenvalue weighted by molar-refractivity contribution is -0.118. The predicted molar refractivity (Wildman–Crippen MR) is 64.4 cm³/mol. The second kappa shape index (κ2) is 5.46. The van der Waals surface area contributed by atoms with Crippen LogP contribution >= 0.6 is 11.8 Å². The number of nitrogens with zero attached hydrogens (tertiary/aromatic N) is 3. The molecular weight excluding hydrogens is 238 g/mol. The Kier molecular flexibility index (Phi) is 3.73. The summed E-state index contributed by atoms with van der Waals surface area (Å²) >= 11 is 1.28. The van der Waals surface area contributed by atoms with Crippen LogP contribution in [0.15, 0.2) is 41.8 Å². The Morgan fingerprint density at radius 3 is 2.88 bits per heavy atom. The van der Waals surface area contributed by atoms with E-state index in [1.54, 1.807) is 6.33 Å². The van der Waals surface area contributed by atoms with Gasteiger partial charge in [0, 0.05) is 5.69 Å². The third-order valence-electron chi connectivity index (χ3n) is 2.04. The lowest BCUT2D eigenvalue weighted by Gasteiger charge is -2.05. The summed E-state index contributed by atoms with van der Waals surface area (Å²) in [6, 6.07) is 9.67. The van der Waals surface area contributed by atoms with Crippen LogP contribution < -0.4 is 11.3 Å². The molecule has 7 heteroatoms. The van der Waals surface area contributed by atoms with Gasteiger partial charge >= 0.3 is 0 Å². The third-order valence-corrected chi connectivity index (χ3v) is 2.99. The zero-order valence-corrected chi connectivity index (χ0v) is 9.72. The van der Waals surface area contributed by atoms with Crippen molar-refractivity contribution < 1.29 is 4.79 Å². The monoisotopic (exact) mass is 249 g/mol. The molecule has 0 bridgehead atoms. The molecule has 1 aromatic heterocycles. The van der Waals surface area contributed by atoms with Crippen molar-refractivity contribution in [2.45, 2.75) is 5.16 Å². The summed E-state index contributed by atoms with van der Waals surface area (Å²) in [5.74, 6) is 4.96. The number of carbonyl (C=O) groups excluding carboxylic acids is 1. The number of carbonyl (C=O) groups is 1. The lowest BCUT2D eigenvalue weighted by atomic mass is 10.3. The summed E-state index contributed by atoms with van der Waals surface area (Å²) in [6.07, 6.45) is 1.61. The van der Waals surface area contributed by atoms with Gasteiger partial charge < -0.3 is 0 Å². The summed E-state index contributed by atoms with van der Waals surface area (Å²) in [7, 11) is 0. The van der Waals surface area contributed by atoms with Gasteiger partial charge in [0.05, 0.1) is 5.75 Å². The minimum absolute atomic E-state index is 0.210. The van der Waals surface area contributed by atoms with E-state index in [-0.39, 0.29) is 11.7 Å². The molecule has 0 aliphatic rings. The van der Waals surface area contributed by atoms with Gasteiger partial charge in [-0.15, -0.1) is 10.2 Å². The van der Waals surface area contributed by atoms with Gasteiger partial charge in [-0.2, -0.15) is 0 Å². The van der Waals surface area contributed by atoms with E-state index in [9.17, 15) is 4.79 Å². The second-order valence-electron chi connectivity index (χ2n) is 3.18. The lowest BCUT2D eigenvalue weighted by Crippen LogP contribution is -2.31. The Bertz CT molecular complexity index is 498. The van der Waals surface area contributed by atoms with Gasteiger partial charge in [-0.05, 0) is 12.1 Å². The molecular formula is C10H11N5OS. The van der Waals surface area contributed by atoms with Crippen LogP contribution in [-0.2, 0) is 4.79 Å². The fourth-order valence-corrected chi connectivity index (χ4v) is 2.00. The molecule has 1 aromatic carbocycles. The highest BCUT2D eigenvalue weighted by Crippen LogP contribution is 2.18. The zero-order chi connectivity index (χ0) is 12.1. The summed E-state index contributed by atoms with van der Waals surface area (Å²) in [4.78, 5) is 11.0. The number of rotatable bonds is 4. The largest absolute Gasteiger partial charge is 0.294 e. The van der Waals surface area contributed by atoms with Gasteiger partial charge in [-0.1, -0.05) is 30.0 Å². The maximum absolute atomic E-state index is 11.0. The normalized spacial score (nSPS) is 10.2. The highest BCUT2D eigenvalue weighted by Gasteiger charge is 2.08. The molecule has 0 aliphatic heterocycles. The quantitative estimate of drug-likeness (QED) is 0.353. The summed E-state index contributed by atoms with van der Waals surface area (Å²) in [6.45, 7) is 0. The minimum Gasteiger partial charge on any atom is -0.294 e. The summed E-state index contributed by atoms with van der Waals surface area (Å²) in [5, 5.41) is 8.44. The van der Waals surface area contributed by atoms with Crippen molar-refractivity contribution >= 4 is 17.7 Å². The Morgan fingerprint density at radius 1 is 1.41 bits per heavy atom. The molecule has 2 aromatic rings. The molecule has 0 saturated carbocycles. The van der Waals surface area contributed by atoms with E-state index in [1.807, 2.05) is 34.9 Å². The van der Waals surface area contributed by atoms with E-state index < -0.39 is 0 Å². The van der Waals surface area contributed by atoms with Crippen LogP contribution in [-0.4, -0.2) is 26.4 Å². The van der Waals surface area contributed by atoms with E-state index in [4.69, 9.17) is 5.84 Å². The number of hydrazine groups is 1. The van der Waals surface area contributed by atoms with E-state index in [0.717, 1.165) is 5.69 Å². The molecule has 0 unspecified atom stereocenters. The molecule has 1 amide bonds. The maximum Gasteiger partial charge on any atom is 0.244 e. The number of nitrogens with two attached hydrogens (primary N) is 1. The van der Waals surface area contributed by atoms with Crippen LogP contribution in [0.1, 0.15) is 0 Å². The van der Waals surface area contributed by atoms with Crippen molar-refractivity contribution in [1.29, 1.82) is 0 Å². The molecule has 88 valence electrons. The first kappa shape index (κ1) is 11.6. The first-order valence-electron chi connectivity index (χ1n) is 4.89. The average Bonchev–Trinajstić information content (AvgIpc) is 2.85. The molecule has 1 heterocycles. The van der Waals surface area contributed by atoms with E-state index in [1.165, 1.54) is 11.8 Å². The molecule has 0 fully saturated rings. The predicted octanol–water partition coefficient (Wildman–Crippen LogP) is 0.349. The van der Waals surface area contributed by atoms with Gasteiger partial charge in [0.25, 0.3) is 0 Å². The molecule has 0 aliphatic carbocycles. The van der Waals surface area contributed by atoms with Crippen LogP contribution in [0.3, 0.4) is 0 Å². The molecule has 2 rings (SSSR count). The van der Waals surface area contributed by atoms with Crippen molar-refractivity contribution in [2.75, 3.05) is 5.75 Å². The zero-order valence-electron chi connectivity index (χ0n) is 8.91. The molecule has 0 atom stereocenters. The number of hydrogen-bond acceptors (Lipinski definition) is 5. The van der Waals surface area contributed by atoms with E-state index in [0.29, 0.717) is 5.16 Å². The fraction of sp³-hybridized carbons (Fsp3) is 0.100. The molecule has 0 spiro atoms. The van der Waals surface area contributed by atoms with Gasteiger partial charge in [-0.25, -0.2) is 5.84 Å². The fourth-order valence-electron chi connectivity index (χ4n) is 1.26. The first-order chi connectivity index (χ1) is 8.31. The number of amides is 1. The van der Waals surface area contributed by atoms with Gasteiger partial charge in [0.2, 0.25) is 5.91 Å². The van der Waals surface area contributed by atoms with Crippen LogP contribution in [0.2, 0.25) is 0 Å². The van der Waals surface area contributed by atoms with E-state index in [2.05, 4.69) is 15.6 Å². The van der Waals surface area contributed by atoms with Crippen molar-refractivity contribution in [3.8, 4) is 5.69 Å². The summed E-state index contributed by atoms with van der Waals surface area (Å²) < 4.78 is 1.81. The number of thioether (sulfide) groups is 1. The first-order valence-corrected chi connectivity index (χ1v) is 5.87. The van der Waals surface area contributed by atoms with Crippen molar-refractivity contribution in [2.24, 2.45) is 5.84 Å². The molecule has 6 nitrogen and oxygen atoms in total. The molecule has 0 saturated heterocycles. The SMILES string of the molecule is NNC(=O)CSc1nncn1-c1ccccc1. The van der Waals surface area contributed by atoms with Crippen LogP contribution in [0.5, 0.6) is 0 Å². The average molecular weight is 249 g/mol. The molecule has 17 heavy (non-hydrogen) atoms. The van der Waals surface area contributed by atoms with Gasteiger partial charge in [-0.3, -0.25) is 14.8 Å². The highest BCUT2D eigenvalue weighted by molar-refractivity contribution is 7.99. The van der Waals surface area contributed by atoms with E-state index >= 15 is 0 Å². The second-order valence-corrected chi connectivity index (χ2v) is 4.12. The number of para-hydroxylation sites is 1. The van der Waals surface area contributed by atoms with Crippen molar-refractivity contribution in [1.82, 2.24) is 20.2 Å². The number of nitrogens with one attached hydrogen (secondary N) is 1. The number of benzene rings is 1. The number of hydrogen-bond donors (Lipinski definition) is 2. The standard InChI is InChI=1S/C10H11N5OS/c11-13-9(16)6-17-10-14-12-7-15(10)8-4-2-1-3-5-8/h1-5,7H,6,11H2,(H,13,16). The molecule has 0 radical (unpaired) electrons. The smallest absolute Gasteiger partial charge is 0.244 e. The number of aromatic nitrogens is 3. The Labute approximate surface area is 102 Å². The van der Waals surface area contributed by atoms with Crippen LogP contribution in [0.25, 0.3) is 5.69 Å². The van der Waals surface area contributed by atoms with Crippen LogP contribution in [0, 0.1) is 0 Å². The minimum atomic E-state index is -0.252. The van der Waals surface area contributed by atoms with Gasteiger partial charge in [0.1, 0.15) is 6.33 Å². The highest BCUT2D eigenvalue weighted by atomic mass is 32.2. The van der Waals surface area contributed by atoms with Crippen molar-refractivity contribution in [3.05, 3.63) is 36.7 Å². The maximum atomic E-state index is 11.0. The molecule has 3 N–H and O–H groups in total. The Balaban J connectivity index is 2.15. The Hall–Kier alpha value is -1.86. The third kappa shape index (κ3) is 2.83. The van der Waals surface area contributed by atoms with Crippen LogP contribution in [0.4, 0.5) is 0 Å². The van der Waals surface area contributed by atoms with Crippen molar-refractivity contribution in [3.63, 3.8) is 0 Å². The topological polar surface area (TPSA) is 85.8 Å².